The molecule has 3 nitrogen and oxygen atoms in total. The van der Waals surface area contributed by atoms with Gasteiger partial charge in [-0.1, -0.05) is 6.07 Å². The Kier molecular flexibility index (Phi) is 9.36. The molecule has 2 rings (SSSR count). The highest BCUT2D eigenvalue weighted by Crippen LogP contribution is 2.25. The molecule has 0 aliphatic carbocycles. The van der Waals surface area contributed by atoms with Crippen molar-refractivity contribution in [2.24, 2.45) is 5.92 Å². The summed E-state index contributed by atoms with van der Waals surface area (Å²) in [5.74, 6) is 0.799. The van der Waals surface area contributed by atoms with Crippen molar-refractivity contribution in [2.75, 3.05) is 26.7 Å². The summed E-state index contributed by atoms with van der Waals surface area (Å²) in [6, 6.07) is 4.70. The Balaban J connectivity index is 0.00000162. The third kappa shape index (κ3) is 5.27. The van der Waals surface area contributed by atoms with Crippen LogP contribution in [0.4, 0.5) is 0 Å². The van der Waals surface area contributed by atoms with E-state index in [-0.39, 0.29) is 24.8 Å². The van der Waals surface area contributed by atoms with Gasteiger partial charge in [0, 0.05) is 25.0 Å². The highest BCUT2D eigenvalue weighted by molar-refractivity contribution is 5.85. The van der Waals surface area contributed by atoms with Gasteiger partial charge in [-0.3, -0.25) is 9.88 Å². The van der Waals surface area contributed by atoms with E-state index in [4.69, 9.17) is 0 Å². The summed E-state index contributed by atoms with van der Waals surface area (Å²) in [6.07, 6.45) is 6.51. The minimum Gasteiger partial charge on any atom is -0.319 e. The summed E-state index contributed by atoms with van der Waals surface area (Å²) in [4.78, 5) is 6.80. The van der Waals surface area contributed by atoms with Crippen LogP contribution in [0.2, 0.25) is 0 Å². The van der Waals surface area contributed by atoms with Crippen LogP contribution in [0, 0.1) is 5.92 Å². The molecule has 0 spiro atoms. The monoisotopic (exact) mass is 305 g/mol. The van der Waals surface area contributed by atoms with Gasteiger partial charge in [-0.05, 0) is 57.5 Å². The molecular weight excluding hydrogens is 281 g/mol. The van der Waals surface area contributed by atoms with E-state index in [0.717, 1.165) is 12.5 Å². The zero-order valence-electron chi connectivity index (χ0n) is 11.7. The molecule has 5 heteroatoms. The first-order valence-electron chi connectivity index (χ1n) is 6.60. The van der Waals surface area contributed by atoms with E-state index < -0.39 is 0 Å². The van der Waals surface area contributed by atoms with Crippen LogP contribution < -0.4 is 5.32 Å². The fraction of sp³-hybridized carbons (Fsp3) is 0.643. The lowest BCUT2D eigenvalue weighted by Gasteiger charge is -2.36. The Bertz CT molecular complexity index is 333. The minimum absolute atomic E-state index is 0. The van der Waals surface area contributed by atoms with Crippen molar-refractivity contribution in [3.8, 4) is 0 Å². The average molecular weight is 306 g/mol. The first kappa shape index (κ1) is 18.7. The molecule has 1 N–H and O–H groups in total. The summed E-state index contributed by atoms with van der Waals surface area (Å²) in [7, 11) is 2.05. The molecule has 1 aromatic heterocycles. The van der Waals surface area contributed by atoms with Gasteiger partial charge in [-0.2, -0.15) is 0 Å². The number of likely N-dealkylation sites (tertiary alicyclic amines) is 1. The van der Waals surface area contributed by atoms with Gasteiger partial charge in [-0.15, -0.1) is 24.8 Å². The molecule has 2 atom stereocenters. The van der Waals surface area contributed by atoms with Crippen LogP contribution in [0.1, 0.15) is 31.4 Å². The zero-order valence-corrected chi connectivity index (χ0v) is 13.3. The van der Waals surface area contributed by atoms with Gasteiger partial charge in [0.2, 0.25) is 0 Å². The molecule has 19 heavy (non-hydrogen) atoms. The van der Waals surface area contributed by atoms with Gasteiger partial charge in [0.1, 0.15) is 0 Å². The second kappa shape index (κ2) is 9.54. The second-order valence-electron chi connectivity index (χ2n) is 5.02. The molecule has 0 radical (unpaired) electrons. The van der Waals surface area contributed by atoms with Crippen LogP contribution in [0.15, 0.2) is 24.5 Å². The average Bonchev–Trinajstić information content (AvgIpc) is 2.40. The number of hydrogen-bond donors (Lipinski definition) is 1. The highest BCUT2D eigenvalue weighted by Gasteiger charge is 2.23. The Morgan fingerprint density at radius 3 is 2.89 bits per heavy atom. The lowest BCUT2D eigenvalue weighted by Crippen LogP contribution is -2.40. The summed E-state index contributed by atoms with van der Waals surface area (Å²) in [6.45, 7) is 5.85. The predicted octanol–water partition coefficient (Wildman–Crippen LogP) is 2.92. The van der Waals surface area contributed by atoms with E-state index in [2.05, 4.69) is 28.2 Å². The van der Waals surface area contributed by atoms with Crippen molar-refractivity contribution in [3.63, 3.8) is 0 Å². The molecule has 110 valence electrons. The molecule has 1 aromatic rings. The number of aromatic nitrogens is 1. The van der Waals surface area contributed by atoms with Crippen LogP contribution in [0.3, 0.4) is 0 Å². The van der Waals surface area contributed by atoms with E-state index in [0.29, 0.717) is 6.04 Å². The maximum Gasteiger partial charge on any atom is 0.0335 e. The van der Waals surface area contributed by atoms with Gasteiger partial charge < -0.3 is 5.32 Å². The van der Waals surface area contributed by atoms with Gasteiger partial charge in [0.25, 0.3) is 0 Å². The molecule has 0 saturated carbocycles. The second-order valence-corrected chi connectivity index (χ2v) is 5.02. The van der Waals surface area contributed by atoms with Crippen LogP contribution in [-0.2, 0) is 0 Å². The Morgan fingerprint density at radius 2 is 2.26 bits per heavy atom. The number of piperidine rings is 1. The maximum atomic E-state index is 4.22. The zero-order chi connectivity index (χ0) is 12.1. The normalized spacial score (nSPS) is 21.1. The largest absolute Gasteiger partial charge is 0.319 e. The van der Waals surface area contributed by atoms with Crippen molar-refractivity contribution in [3.05, 3.63) is 30.1 Å². The van der Waals surface area contributed by atoms with Crippen LogP contribution in [-0.4, -0.2) is 36.6 Å². The number of hydrogen-bond acceptors (Lipinski definition) is 3. The molecule has 1 fully saturated rings. The van der Waals surface area contributed by atoms with Gasteiger partial charge >= 0.3 is 0 Å². The molecule has 0 amide bonds. The van der Waals surface area contributed by atoms with Gasteiger partial charge in [-0.25, -0.2) is 0 Å². The summed E-state index contributed by atoms with van der Waals surface area (Å²) < 4.78 is 0. The van der Waals surface area contributed by atoms with Gasteiger partial charge in [0.05, 0.1) is 0 Å². The number of halogens is 2. The summed E-state index contributed by atoms with van der Waals surface area (Å²) in [5, 5.41) is 3.30. The SMILES string of the molecule is CNCC1CCCN(C(C)c2cccnc2)C1.Cl.Cl. The smallest absolute Gasteiger partial charge is 0.0335 e. The number of nitrogens with zero attached hydrogens (tertiary/aromatic N) is 2. The quantitative estimate of drug-likeness (QED) is 0.927. The Labute approximate surface area is 129 Å². The van der Waals surface area contributed by atoms with Crippen LogP contribution >= 0.6 is 24.8 Å². The molecular formula is C14H25Cl2N3. The topological polar surface area (TPSA) is 28.2 Å². The maximum absolute atomic E-state index is 4.22. The number of pyridine rings is 1. The molecule has 1 aliphatic heterocycles. The standard InChI is InChI=1S/C14H23N3.2ClH/c1-12(14-6-3-7-16-10-14)17-8-4-5-13(11-17)9-15-2;;/h3,6-7,10,12-13,15H,4-5,8-9,11H2,1-2H3;2*1H. The fourth-order valence-electron chi connectivity index (χ4n) is 2.74. The third-order valence-corrected chi connectivity index (χ3v) is 3.76. The van der Waals surface area contributed by atoms with E-state index in [1.807, 2.05) is 25.5 Å². The number of nitrogens with one attached hydrogen (secondary N) is 1. The van der Waals surface area contributed by atoms with E-state index in [1.54, 1.807) is 0 Å². The Morgan fingerprint density at radius 1 is 1.47 bits per heavy atom. The van der Waals surface area contributed by atoms with Crippen LogP contribution in [0.25, 0.3) is 0 Å². The highest BCUT2D eigenvalue weighted by atomic mass is 35.5. The lowest BCUT2D eigenvalue weighted by atomic mass is 9.95. The van der Waals surface area contributed by atoms with E-state index in [9.17, 15) is 0 Å². The first-order chi connectivity index (χ1) is 8.31. The van der Waals surface area contributed by atoms with Crippen molar-refractivity contribution < 1.29 is 0 Å². The third-order valence-electron chi connectivity index (χ3n) is 3.76. The van der Waals surface area contributed by atoms with Gasteiger partial charge in [0.15, 0.2) is 0 Å². The number of rotatable bonds is 4. The van der Waals surface area contributed by atoms with Crippen molar-refractivity contribution >= 4 is 24.8 Å². The molecule has 1 aliphatic rings. The van der Waals surface area contributed by atoms with E-state index in [1.165, 1.54) is 31.5 Å². The molecule has 2 unspecified atom stereocenters. The fourth-order valence-corrected chi connectivity index (χ4v) is 2.74. The minimum atomic E-state index is 0. The summed E-state index contributed by atoms with van der Waals surface area (Å²) in [5.41, 5.74) is 1.33. The molecule has 2 heterocycles. The van der Waals surface area contributed by atoms with Crippen LogP contribution in [0.5, 0.6) is 0 Å². The predicted molar refractivity (Wildman–Crippen MR) is 85.4 cm³/mol. The Hall–Kier alpha value is -0.350. The molecule has 1 saturated heterocycles. The van der Waals surface area contributed by atoms with Crippen molar-refractivity contribution in [1.29, 1.82) is 0 Å². The first-order valence-corrected chi connectivity index (χ1v) is 6.60. The molecule has 0 aromatic carbocycles. The lowest BCUT2D eigenvalue weighted by molar-refractivity contribution is 0.131. The van der Waals surface area contributed by atoms with E-state index >= 15 is 0 Å². The summed E-state index contributed by atoms with van der Waals surface area (Å²) >= 11 is 0. The molecule has 0 bridgehead atoms. The van der Waals surface area contributed by atoms with Crippen molar-refractivity contribution in [2.45, 2.75) is 25.8 Å². The van der Waals surface area contributed by atoms with Crippen molar-refractivity contribution in [1.82, 2.24) is 15.2 Å².